The number of carbonyl (C=O) groups is 1. The van der Waals surface area contributed by atoms with E-state index in [1.807, 2.05) is 13.8 Å². The first-order valence-corrected chi connectivity index (χ1v) is 5.92. The van der Waals surface area contributed by atoms with E-state index >= 15 is 0 Å². The molecule has 0 aliphatic carbocycles. The van der Waals surface area contributed by atoms with E-state index < -0.39 is 0 Å². The lowest BCUT2D eigenvalue weighted by atomic mass is 10.0. The summed E-state index contributed by atoms with van der Waals surface area (Å²) in [5.74, 6) is 0.551. The molecule has 0 N–H and O–H groups in total. The number of ketones is 1. The summed E-state index contributed by atoms with van der Waals surface area (Å²) in [5, 5.41) is 0. The highest BCUT2D eigenvalue weighted by atomic mass is 16.1. The topological polar surface area (TPSA) is 23.6 Å². The molecule has 15 heavy (non-hydrogen) atoms. The molecule has 1 fully saturated rings. The highest BCUT2D eigenvalue weighted by molar-refractivity contribution is 5.82. The quantitative estimate of drug-likeness (QED) is 0.700. The summed E-state index contributed by atoms with van der Waals surface area (Å²) in [6.45, 7) is 6.75. The molecule has 0 aromatic carbocycles. The van der Waals surface area contributed by atoms with Gasteiger partial charge in [0.25, 0.3) is 0 Å². The Bertz CT molecular complexity index is 206. The summed E-state index contributed by atoms with van der Waals surface area (Å²) >= 11 is 0. The molecule has 0 bridgehead atoms. The fourth-order valence-corrected chi connectivity index (χ4v) is 2.00. The minimum atomic E-state index is 0.177. The van der Waals surface area contributed by atoms with Crippen LogP contribution in [-0.4, -0.2) is 55.4 Å². The van der Waals surface area contributed by atoms with E-state index in [9.17, 15) is 4.79 Å². The van der Waals surface area contributed by atoms with Crippen LogP contribution in [0.4, 0.5) is 0 Å². The second kappa shape index (κ2) is 5.61. The molecular weight excluding hydrogens is 188 g/mol. The minimum absolute atomic E-state index is 0.177. The zero-order chi connectivity index (χ0) is 11.4. The molecule has 0 saturated carbocycles. The maximum atomic E-state index is 11.6. The van der Waals surface area contributed by atoms with Gasteiger partial charge in [0.05, 0.1) is 6.54 Å². The van der Waals surface area contributed by atoms with E-state index in [1.165, 1.54) is 12.8 Å². The highest BCUT2D eigenvalue weighted by Crippen LogP contribution is 2.14. The van der Waals surface area contributed by atoms with Crippen LogP contribution in [0.1, 0.15) is 26.7 Å². The molecule has 1 heterocycles. The van der Waals surface area contributed by atoms with Crippen molar-refractivity contribution in [2.75, 3.05) is 33.7 Å². The lowest BCUT2D eigenvalue weighted by molar-refractivity contribution is -0.123. The molecule has 0 spiro atoms. The first-order chi connectivity index (χ1) is 7.00. The lowest BCUT2D eigenvalue weighted by Gasteiger charge is -2.35. The summed E-state index contributed by atoms with van der Waals surface area (Å²) in [5.41, 5.74) is 0. The molecule has 1 rings (SSSR count). The van der Waals surface area contributed by atoms with Crippen LogP contribution in [0.2, 0.25) is 0 Å². The number of nitrogens with zero attached hydrogens (tertiary/aromatic N) is 2. The third kappa shape index (κ3) is 3.92. The van der Waals surface area contributed by atoms with Crippen LogP contribution >= 0.6 is 0 Å². The number of piperidine rings is 1. The van der Waals surface area contributed by atoms with Crippen LogP contribution < -0.4 is 0 Å². The zero-order valence-corrected chi connectivity index (χ0v) is 10.5. The first kappa shape index (κ1) is 12.7. The van der Waals surface area contributed by atoms with Gasteiger partial charge in [-0.05, 0) is 26.9 Å². The van der Waals surface area contributed by atoms with Crippen molar-refractivity contribution in [3.63, 3.8) is 0 Å². The number of carbonyl (C=O) groups excluding carboxylic acids is 1. The van der Waals surface area contributed by atoms with Crippen LogP contribution in [0.3, 0.4) is 0 Å². The Morgan fingerprint density at radius 1 is 1.33 bits per heavy atom. The third-order valence-electron chi connectivity index (χ3n) is 3.31. The molecule has 3 nitrogen and oxygen atoms in total. The second-order valence-corrected chi connectivity index (χ2v) is 5.09. The Balaban J connectivity index is 2.29. The molecule has 3 heteroatoms. The molecule has 0 unspecified atom stereocenters. The molecule has 1 aliphatic heterocycles. The van der Waals surface area contributed by atoms with Crippen LogP contribution in [0.5, 0.6) is 0 Å². The number of hydrogen-bond donors (Lipinski definition) is 0. The first-order valence-electron chi connectivity index (χ1n) is 5.92. The fourth-order valence-electron chi connectivity index (χ4n) is 2.00. The Morgan fingerprint density at radius 2 is 1.87 bits per heavy atom. The summed E-state index contributed by atoms with van der Waals surface area (Å²) in [7, 11) is 4.28. The van der Waals surface area contributed by atoms with Gasteiger partial charge >= 0.3 is 0 Å². The number of hydrogen-bond acceptors (Lipinski definition) is 3. The minimum Gasteiger partial charge on any atom is -0.306 e. The SMILES string of the molecule is CC(C)C(=O)CN1CCC(N(C)C)CC1. The monoisotopic (exact) mass is 212 g/mol. The highest BCUT2D eigenvalue weighted by Gasteiger charge is 2.22. The Kier molecular flexibility index (Phi) is 4.74. The van der Waals surface area contributed by atoms with E-state index in [0.717, 1.165) is 13.1 Å². The van der Waals surface area contributed by atoms with Crippen molar-refractivity contribution in [1.82, 2.24) is 9.80 Å². The molecule has 88 valence electrons. The van der Waals surface area contributed by atoms with Gasteiger partial charge in [-0.2, -0.15) is 0 Å². The lowest BCUT2D eigenvalue weighted by Crippen LogP contribution is -2.44. The van der Waals surface area contributed by atoms with Crippen LogP contribution in [-0.2, 0) is 4.79 Å². The van der Waals surface area contributed by atoms with Crippen molar-refractivity contribution >= 4 is 5.78 Å². The summed E-state index contributed by atoms with van der Waals surface area (Å²) in [4.78, 5) is 16.2. The molecule has 1 aliphatic rings. The van der Waals surface area contributed by atoms with Gasteiger partial charge in [0, 0.05) is 25.0 Å². The predicted octanol–water partition coefficient (Wildman–Crippen LogP) is 1.24. The Hall–Kier alpha value is -0.410. The van der Waals surface area contributed by atoms with Gasteiger partial charge < -0.3 is 4.90 Å². The van der Waals surface area contributed by atoms with E-state index in [1.54, 1.807) is 0 Å². The fraction of sp³-hybridized carbons (Fsp3) is 0.917. The van der Waals surface area contributed by atoms with Gasteiger partial charge in [-0.25, -0.2) is 0 Å². The van der Waals surface area contributed by atoms with Crippen molar-refractivity contribution in [2.24, 2.45) is 5.92 Å². The average Bonchev–Trinajstić information content (AvgIpc) is 2.18. The van der Waals surface area contributed by atoms with Crippen molar-refractivity contribution in [3.8, 4) is 0 Å². The number of Topliss-reactive ketones (excluding diaryl/α,β-unsaturated/α-hetero) is 1. The maximum Gasteiger partial charge on any atom is 0.149 e. The van der Waals surface area contributed by atoms with Gasteiger partial charge in [-0.3, -0.25) is 9.69 Å². The number of rotatable bonds is 4. The smallest absolute Gasteiger partial charge is 0.149 e. The van der Waals surface area contributed by atoms with Crippen LogP contribution in [0, 0.1) is 5.92 Å². The maximum absolute atomic E-state index is 11.6. The molecule has 0 radical (unpaired) electrons. The largest absolute Gasteiger partial charge is 0.306 e. The van der Waals surface area contributed by atoms with Crippen LogP contribution in [0.15, 0.2) is 0 Å². The van der Waals surface area contributed by atoms with Crippen molar-refractivity contribution in [3.05, 3.63) is 0 Å². The Labute approximate surface area is 93.4 Å². The van der Waals surface area contributed by atoms with Gasteiger partial charge in [-0.1, -0.05) is 13.8 Å². The van der Waals surface area contributed by atoms with Gasteiger partial charge in [0.2, 0.25) is 0 Å². The molecule has 1 saturated heterocycles. The third-order valence-corrected chi connectivity index (χ3v) is 3.31. The van der Waals surface area contributed by atoms with Crippen molar-refractivity contribution in [2.45, 2.75) is 32.7 Å². The molecule has 0 aromatic heterocycles. The zero-order valence-electron chi connectivity index (χ0n) is 10.5. The van der Waals surface area contributed by atoms with E-state index in [4.69, 9.17) is 0 Å². The molecule has 0 atom stereocenters. The van der Waals surface area contributed by atoms with Gasteiger partial charge in [0.1, 0.15) is 5.78 Å². The number of likely N-dealkylation sites (tertiary alicyclic amines) is 1. The summed E-state index contributed by atoms with van der Waals surface area (Å²) < 4.78 is 0. The molecular formula is C12H24N2O. The molecule has 0 aromatic rings. The average molecular weight is 212 g/mol. The Morgan fingerprint density at radius 3 is 2.27 bits per heavy atom. The standard InChI is InChI=1S/C12H24N2O/c1-10(2)12(15)9-14-7-5-11(6-8-14)13(3)4/h10-11H,5-9H2,1-4H3. The van der Waals surface area contributed by atoms with E-state index in [-0.39, 0.29) is 5.92 Å². The predicted molar refractivity (Wildman–Crippen MR) is 63.0 cm³/mol. The van der Waals surface area contributed by atoms with Crippen LogP contribution in [0.25, 0.3) is 0 Å². The summed E-state index contributed by atoms with van der Waals surface area (Å²) in [6, 6.07) is 0.704. The second-order valence-electron chi connectivity index (χ2n) is 5.09. The summed E-state index contributed by atoms with van der Waals surface area (Å²) in [6.07, 6.45) is 2.39. The molecule has 0 amide bonds. The van der Waals surface area contributed by atoms with Crippen molar-refractivity contribution < 1.29 is 4.79 Å². The van der Waals surface area contributed by atoms with E-state index in [0.29, 0.717) is 18.4 Å². The van der Waals surface area contributed by atoms with E-state index in [2.05, 4.69) is 23.9 Å². The van der Waals surface area contributed by atoms with Crippen molar-refractivity contribution in [1.29, 1.82) is 0 Å². The van der Waals surface area contributed by atoms with Gasteiger partial charge in [0.15, 0.2) is 0 Å². The normalized spacial score (nSPS) is 20.1. The van der Waals surface area contributed by atoms with Gasteiger partial charge in [-0.15, -0.1) is 0 Å².